The zero-order valence-electron chi connectivity index (χ0n) is 15.7. The average Bonchev–Trinajstić information content (AvgIpc) is 3.11. The lowest BCUT2D eigenvalue weighted by Gasteiger charge is -2.08. The van der Waals surface area contributed by atoms with Crippen molar-refractivity contribution in [2.75, 3.05) is 12.9 Å². The van der Waals surface area contributed by atoms with Crippen molar-refractivity contribution in [3.8, 4) is 17.1 Å². The van der Waals surface area contributed by atoms with E-state index in [1.807, 2.05) is 31.3 Å². The molecule has 2 amide bonds. The minimum atomic E-state index is -0.431. The van der Waals surface area contributed by atoms with Crippen molar-refractivity contribution in [3.05, 3.63) is 59.1 Å². The van der Waals surface area contributed by atoms with Gasteiger partial charge in [-0.2, -0.15) is 0 Å². The van der Waals surface area contributed by atoms with Gasteiger partial charge in [-0.05, 0) is 36.4 Å². The van der Waals surface area contributed by atoms with Gasteiger partial charge in [0.2, 0.25) is 5.91 Å². The number of halogens is 1. The summed E-state index contributed by atoms with van der Waals surface area (Å²) >= 11 is 7.00. The van der Waals surface area contributed by atoms with Crippen molar-refractivity contribution >= 4 is 35.2 Å². The minimum Gasteiger partial charge on any atom is -0.497 e. The predicted octanol–water partition coefficient (Wildman–Crippen LogP) is 2.70. The molecular formula is C19H18ClN5O3S. The summed E-state index contributed by atoms with van der Waals surface area (Å²) < 4.78 is 7.02. The van der Waals surface area contributed by atoms with E-state index in [9.17, 15) is 9.59 Å². The summed E-state index contributed by atoms with van der Waals surface area (Å²) in [5.41, 5.74) is 5.97. The zero-order chi connectivity index (χ0) is 20.8. The Morgan fingerprint density at radius 1 is 1.14 bits per heavy atom. The number of methoxy groups -OCH3 is 1. The average molecular weight is 432 g/mol. The smallest absolute Gasteiger partial charge is 0.269 e. The number of aromatic nitrogens is 3. The first-order chi connectivity index (χ1) is 14.0. The normalized spacial score (nSPS) is 10.4. The van der Waals surface area contributed by atoms with Crippen LogP contribution in [0.25, 0.3) is 11.4 Å². The van der Waals surface area contributed by atoms with Gasteiger partial charge in [0.25, 0.3) is 5.91 Å². The molecule has 2 aromatic carbocycles. The van der Waals surface area contributed by atoms with Crippen molar-refractivity contribution < 1.29 is 14.3 Å². The van der Waals surface area contributed by atoms with Gasteiger partial charge in [0.15, 0.2) is 11.0 Å². The van der Waals surface area contributed by atoms with Crippen LogP contribution in [0.5, 0.6) is 5.75 Å². The summed E-state index contributed by atoms with van der Waals surface area (Å²) in [5, 5.41) is 9.41. The Morgan fingerprint density at radius 2 is 1.90 bits per heavy atom. The van der Waals surface area contributed by atoms with E-state index in [-0.39, 0.29) is 11.7 Å². The van der Waals surface area contributed by atoms with Crippen LogP contribution in [-0.4, -0.2) is 39.4 Å². The summed E-state index contributed by atoms with van der Waals surface area (Å²) in [6.07, 6.45) is 0. The molecule has 10 heteroatoms. The molecule has 0 bridgehead atoms. The standard InChI is InChI=1S/C19H18ClN5O3S/c1-25-17(13-4-3-5-15(10-13)28-2)22-24-19(25)29-11-16(26)21-23-18(27)12-6-8-14(20)9-7-12/h3-10H,11H2,1-2H3,(H,21,26)(H,23,27). The summed E-state index contributed by atoms with van der Waals surface area (Å²) in [7, 11) is 3.42. The van der Waals surface area contributed by atoms with Crippen molar-refractivity contribution in [2.45, 2.75) is 5.16 Å². The molecule has 0 spiro atoms. The molecule has 3 aromatic rings. The molecule has 29 heavy (non-hydrogen) atoms. The number of nitrogens with one attached hydrogen (secondary N) is 2. The number of hydrazine groups is 1. The number of amides is 2. The van der Waals surface area contributed by atoms with Gasteiger partial charge in [0, 0.05) is 23.2 Å². The highest BCUT2D eigenvalue weighted by molar-refractivity contribution is 7.99. The van der Waals surface area contributed by atoms with Crippen LogP contribution in [-0.2, 0) is 11.8 Å². The van der Waals surface area contributed by atoms with Gasteiger partial charge in [-0.3, -0.25) is 20.4 Å². The fourth-order valence-corrected chi connectivity index (χ4v) is 3.26. The van der Waals surface area contributed by atoms with E-state index in [1.54, 1.807) is 35.9 Å². The molecule has 0 aliphatic rings. The van der Waals surface area contributed by atoms with E-state index in [1.165, 1.54) is 11.8 Å². The molecule has 0 saturated carbocycles. The van der Waals surface area contributed by atoms with E-state index >= 15 is 0 Å². The van der Waals surface area contributed by atoms with Gasteiger partial charge >= 0.3 is 0 Å². The topological polar surface area (TPSA) is 98.1 Å². The van der Waals surface area contributed by atoms with Crippen molar-refractivity contribution in [1.29, 1.82) is 0 Å². The van der Waals surface area contributed by atoms with E-state index < -0.39 is 5.91 Å². The SMILES string of the molecule is COc1cccc(-c2nnc(SCC(=O)NNC(=O)c3ccc(Cl)cc3)n2C)c1. The highest BCUT2D eigenvalue weighted by Crippen LogP contribution is 2.25. The largest absolute Gasteiger partial charge is 0.497 e. The second-order valence-electron chi connectivity index (χ2n) is 5.90. The van der Waals surface area contributed by atoms with Gasteiger partial charge in [0.05, 0.1) is 12.9 Å². The van der Waals surface area contributed by atoms with Gasteiger partial charge in [-0.1, -0.05) is 35.5 Å². The third kappa shape index (κ3) is 5.27. The Labute approximate surface area is 176 Å². The molecular weight excluding hydrogens is 414 g/mol. The number of nitrogens with zero attached hydrogens (tertiary/aromatic N) is 3. The van der Waals surface area contributed by atoms with Gasteiger partial charge in [-0.15, -0.1) is 10.2 Å². The molecule has 0 aliphatic heterocycles. The Bertz CT molecular complexity index is 1020. The number of rotatable bonds is 6. The molecule has 2 N–H and O–H groups in total. The van der Waals surface area contributed by atoms with Crippen LogP contribution in [0.3, 0.4) is 0 Å². The summed E-state index contributed by atoms with van der Waals surface area (Å²) in [6.45, 7) is 0. The van der Waals surface area contributed by atoms with Crippen LogP contribution in [0, 0.1) is 0 Å². The second-order valence-corrected chi connectivity index (χ2v) is 7.27. The van der Waals surface area contributed by atoms with Gasteiger partial charge < -0.3 is 9.30 Å². The Kier molecular flexibility index (Phi) is 6.73. The summed E-state index contributed by atoms with van der Waals surface area (Å²) in [6, 6.07) is 13.8. The van der Waals surface area contributed by atoms with Gasteiger partial charge in [-0.25, -0.2) is 0 Å². The zero-order valence-corrected chi connectivity index (χ0v) is 17.3. The molecule has 3 rings (SSSR count). The number of carbonyl (C=O) groups is 2. The Hall–Kier alpha value is -3.04. The van der Waals surface area contributed by atoms with Gasteiger partial charge in [0.1, 0.15) is 5.75 Å². The second kappa shape index (κ2) is 9.44. The monoisotopic (exact) mass is 431 g/mol. The van der Waals surface area contributed by atoms with E-state index in [0.29, 0.717) is 21.6 Å². The molecule has 1 heterocycles. The van der Waals surface area contributed by atoms with Crippen LogP contribution in [0.15, 0.2) is 53.7 Å². The lowest BCUT2D eigenvalue weighted by atomic mass is 10.2. The number of benzene rings is 2. The molecule has 8 nitrogen and oxygen atoms in total. The molecule has 0 aliphatic carbocycles. The summed E-state index contributed by atoms with van der Waals surface area (Å²) in [4.78, 5) is 24.0. The molecule has 150 valence electrons. The maximum atomic E-state index is 12.0. The number of thioether (sulfide) groups is 1. The van der Waals surface area contributed by atoms with Crippen LogP contribution < -0.4 is 15.6 Å². The van der Waals surface area contributed by atoms with Crippen molar-refractivity contribution in [3.63, 3.8) is 0 Å². The van der Waals surface area contributed by atoms with Crippen LogP contribution in [0.1, 0.15) is 10.4 Å². The van der Waals surface area contributed by atoms with Crippen LogP contribution >= 0.6 is 23.4 Å². The highest BCUT2D eigenvalue weighted by Gasteiger charge is 2.14. The lowest BCUT2D eigenvalue weighted by molar-refractivity contribution is -0.119. The number of hydrogen-bond acceptors (Lipinski definition) is 6. The Balaban J connectivity index is 1.54. The lowest BCUT2D eigenvalue weighted by Crippen LogP contribution is -2.42. The van der Waals surface area contributed by atoms with Crippen molar-refractivity contribution in [2.24, 2.45) is 7.05 Å². The summed E-state index contributed by atoms with van der Waals surface area (Å²) in [5.74, 6) is 0.630. The maximum absolute atomic E-state index is 12.0. The molecule has 0 radical (unpaired) electrons. The third-order valence-corrected chi connectivity index (χ3v) is 5.19. The minimum absolute atomic E-state index is 0.0605. The molecule has 0 unspecified atom stereocenters. The quantitative estimate of drug-likeness (QED) is 0.460. The fourth-order valence-electron chi connectivity index (χ4n) is 2.42. The maximum Gasteiger partial charge on any atom is 0.269 e. The fraction of sp³-hybridized carbons (Fsp3) is 0.158. The molecule has 0 saturated heterocycles. The molecule has 0 fully saturated rings. The van der Waals surface area contributed by atoms with E-state index in [0.717, 1.165) is 11.3 Å². The first kappa shape index (κ1) is 20.7. The first-order valence-electron chi connectivity index (χ1n) is 8.49. The van der Waals surface area contributed by atoms with E-state index in [4.69, 9.17) is 16.3 Å². The highest BCUT2D eigenvalue weighted by atomic mass is 35.5. The van der Waals surface area contributed by atoms with Crippen LogP contribution in [0.2, 0.25) is 5.02 Å². The molecule has 1 aromatic heterocycles. The first-order valence-corrected chi connectivity index (χ1v) is 9.85. The molecule has 0 atom stereocenters. The number of carbonyl (C=O) groups excluding carboxylic acids is 2. The van der Waals surface area contributed by atoms with E-state index in [2.05, 4.69) is 21.0 Å². The predicted molar refractivity (Wildman–Crippen MR) is 111 cm³/mol. The number of ether oxygens (including phenoxy) is 1. The third-order valence-electron chi connectivity index (χ3n) is 3.92. The Morgan fingerprint density at radius 3 is 2.62 bits per heavy atom. The number of hydrogen-bond donors (Lipinski definition) is 2. The van der Waals surface area contributed by atoms with Crippen LogP contribution in [0.4, 0.5) is 0 Å². The van der Waals surface area contributed by atoms with Crippen molar-refractivity contribution in [1.82, 2.24) is 25.6 Å².